The molecule has 2 rings (SSSR count). The Kier molecular flexibility index (Phi) is 10.3. The van der Waals surface area contributed by atoms with Crippen LogP contribution in [0, 0.1) is 0 Å². The second-order valence-corrected chi connectivity index (χ2v) is 7.24. The molecule has 0 spiro atoms. The van der Waals surface area contributed by atoms with E-state index in [1.807, 2.05) is 30.3 Å². The van der Waals surface area contributed by atoms with E-state index < -0.39 is 24.0 Å². The summed E-state index contributed by atoms with van der Waals surface area (Å²) in [7, 11) is 0. The number of carbonyl (C=O) groups excluding carboxylic acids is 3. The molecule has 0 radical (unpaired) electrons. The van der Waals surface area contributed by atoms with Gasteiger partial charge in [0.2, 0.25) is 5.91 Å². The van der Waals surface area contributed by atoms with Crippen LogP contribution in [0.2, 0.25) is 0 Å². The Labute approximate surface area is 177 Å². The van der Waals surface area contributed by atoms with Crippen LogP contribution < -0.4 is 10.6 Å². The highest BCUT2D eigenvalue weighted by atomic mass is 79.9. The van der Waals surface area contributed by atoms with E-state index in [1.165, 1.54) is 13.8 Å². The molecular formula is C21H23BrN2O5. The van der Waals surface area contributed by atoms with Gasteiger partial charge in [0.1, 0.15) is 12.1 Å². The van der Waals surface area contributed by atoms with Crippen LogP contribution in [0.1, 0.15) is 29.8 Å². The fourth-order valence-electron chi connectivity index (χ4n) is 2.27. The van der Waals surface area contributed by atoms with Crippen molar-refractivity contribution in [2.45, 2.75) is 32.4 Å². The van der Waals surface area contributed by atoms with Gasteiger partial charge in [-0.05, 0) is 40.5 Å². The second-order valence-electron chi connectivity index (χ2n) is 6.12. The number of aliphatic carboxylic acids is 1. The van der Waals surface area contributed by atoms with Crippen LogP contribution in [-0.4, -0.2) is 39.7 Å². The van der Waals surface area contributed by atoms with Crippen molar-refractivity contribution < 1.29 is 24.3 Å². The third-order valence-electron chi connectivity index (χ3n) is 3.67. The Morgan fingerprint density at radius 2 is 1.41 bits per heavy atom. The Morgan fingerprint density at radius 1 is 0.931 bits per heavy atom. The molecule has 0 aromatic heterocycles. The van der Waals surface area contributed by atoms with Crippen molar-refractivity contribution in [1.29, 1.82) is 0 Å². The van der Waals surface area contributed by atoms with Gasteiger partial charge in [0, 0.05) is 18.9 Å². The molecule has 2 amide bonds. The number of amides is 2. The third-order valence-corrected chi connectivity index (χ3v) is 3.67. The molecule has 2 atom stereocenters. The van der Waals surface area contributed by atoms with E-state index in [1.54, 1.807) is 30.3 Å². The normalized spacial score (nSPS) is 11.8. The highest BCUT2D eigenvalue weighted by Gasteiger charge is 2.24. The van der Waals surface area contributed by atoms with Gasteiger partial charge >= 0.3 is 5.97 Å². The number of hydrogen-bond acceptors (Lipinski definition) is 4. The lowest BCUT2D eigenvalue weighted by molar-refractivity contribution is -0.141. The van der Waals surface area contributed by atoms with E-state index in [9.17, 15) is 19.2 Å². The summed E-state index contributed by atoms with van der Waals surface area (Å²) in [5.41, 5.74) is 1.29. The van der Waals surface area contributed by atoms with Crippen LogP contribution in [0.25, 0.3) is 0 Å². The van der Waals surface area contributed by atoms with E-state index in [-0.39, 0.29) is 17.0 Å². The largest absolute Gasteiger partial charge is 0.480 e. The van der Waals surface area contributed by atoms with Crippen molar-refractivity contribution in [3.8, 4) is 0 Å². The molecule has 29 heavy (non-hydrogen) atoms. The summed E-state index contributed by atoms with van der Waals surface area (Å²) in [6, 6.07) is 15.8. The fourth-order valence-corrected chi connectivity index (χ4v) is 2.27. The molecule has 0 fully saturated rings. The maximum atomic E-state index is 12.4. The summed E-state index contributed by atoms with van der Waals surface area (Å²) in [5.74, 6) is -2.07. The van der Waals surface area contributed by atoms with Crippen LogP contribution in [0.15, 0.2) is 60.7 Å². The molecule has 2 aromatic rings. The first-order chi connectivity index (χ1) is 13.7. The maximum Gasteiger partial charge on any atom is 0.325 e. The van der Waals surface area contributed by atoms with Crippen LogP contribution >= 0.6 is 15.9 Å². The number of carboxylic acid groups (broad SMARTS) is 1. The molecule has 0 aliphatic heterocycles. The molecule has 0 aliphatic carbocycles. The maximum absolute atomic E-state index is 12.4. The lowest BCUT2D eigenvalue weighted by Gasteiger charge is -2.20. The topological polar surface area (TPSA) is 113 Å². The van der Waals surface area contributed by atoms with Gasteiger partial charge in [-0.15, -0.1) is 0 Å². The van der Waals surface area contributed by atoms with Crippen LogP contribution in [0.5, 0.6) is 0 Å². The number of carbonyl (C=O) groups is 4. The molecule has 0 unspecified atom stereocenters. The minimum Gasteiger partial charge on any atom is -0.480 e. The molecule has 8 heteroatoms. The van der Waals surface area contributed by atoms with E-state index in [0.717, 1.165) is 5.56 Å². The lowest BCUT2D eigenvalue weighted by Crippen LogP contribution is -2.51. The quantitative estimate of drug-likeness (QED) is 0.547. The van der Waals surface area contributed by atoms with E-state index >= 15 is 0 Å². The SMILES string of the molecule is CC(=O)Br.C[C@H](NC(=O)[C@H](Cc1ccccc1)NC(=O)c1ccccc1)C(=O)O. The van der Waals surface area contributed by atoms with Crippen molar-refractivity contribution >= 4 is 38.4 Å². The van der Waals surface area contributed by atoms with Crippen molar-refractivity contribution in [3.63, 3.8) is 0 Å². The van der Waals surface area contributed by atoms with Crippen LogP contribution in [0.3, 0.4) is 0 Å². The van der Waals surface area contributed by atoms with Gasteiger partial charge < -0.3 is 15.7 Å². The molecule has 3 N–H and O–H groups in total. The molecule has 0 heterocycles. The lowest BCUT2D eigenvalue weighted by atomic mass is 10.0. The predicted octanol–water partition coefficient (Wildman–Crippen LogP) is 2.54. The Balaban J connectivity index is 0.000000960. The van der Waals surface area contributed by atoms with E-state index in [4.69, 9.17) is 5.11 Å². The Bertz CT molecular complexity index is 823. The number of benzene rings is 2. The number of rotatable bonds is 7. The first-order valence-corrected chi connectivity index (χ1v) is 9.59. The summed E-state index contributed by atoms with van der Waals surface area (Å²) >= 11 is 2.63. The van der Waals surface area contributed by atoms with Gasteiger partial charge in [-0.3, -0.25) is 19.2 Å². The predicted molar refractivity (Wildman–Crippen MR) is 113 cm³/mol. The minimum absolute atomic E-state index is 0.0208. The number of halogens is 1. The average molecular weight is 463 g/mol. The van der Waals surface area contributed by atoms with Gasteiger partial charge in [0.05, 0.1) is 0 Å². The van der Waals surface area contributed by atoms with Gasteiger partial charge in [-0.2, -0.15) is 0 Å². The van der Waals surface area contributed by atoms with Crippen LogP contribution in [0.4, 0.5) is 0 Å². The molecule has 0 saturated heterocycles. The van der Waals surface area contributed by atoms with Crippen molar-refractivity contribution in [2.75, 3.05) is 0 Å². The van der Waals surface area contributed by atoms with Gasteiger partial charge in [0.15, 0.2) is 4.69 Å². The summed E-state index contributed by atoms with van der Waals surface area (Å²) in [6.45, 7) is 2.82. The van der Waals surface area contributed by atoms with Gasteiger partial charge in [0.25, 0.3) is 5.91 Å². The minimum atomic E-state index is -1.14. The molecule has 7 nitrogen and oxygen atoms in total. The highest BCUT2D eigenvalue weighted by Crippen LogP contribution is 2.06. The first kappa shape index (κ1) is 24.0. The molecule has 0 bridgehead atoms. The van der Waals surface area contributed by atoms with Crippen molar-refractivity contribution in [1.82, 2.24) is 10.6 Å². The van der Waals surface area contributed by atoms with E-state index in [2.05, 4.69) is 26.6 Å². The molecule has 154 valence electrons. The van der Waals surface area contributed by atoms with Crippen molar-refractivity contribution in [2.24, 2.45) is 0 Å². The van der Waals surface area contributed by atoms with Gasteiger partial charge in [-0.25, -0.2) is 0 Å². The number of nitrogens with one attached hydrogen (secondary N) is 2. The summed E-state index contributed by atoms with van der Waals surface area (Å²) in [6.07, 6.45) is 0.261. The zero-order chi connectivity index (χ0) is 21.8. The zero-order valence-corrected chi connectivity index (χ0v) is 17.7. The molecule has 2 aromatic carbocycles. The molecular weight excluding hydrogens is 440 g/mol. The third kappa shape index (κ3) is 9.66. The first-order valence-electron chi connectivity index (χ1n) is 8.79. The smallest absolute Gasteiger partial charge is 0.325 e. The number of carboxylic acids is 1. The number of hydrogen-bond donors (Lipinski definition) is 3. The molecule has 0 saturated carbocycles. The molecule has 0 aliphatic rings. The van der Waals surface area contributed by atoms with Crippen molar-refractivity contribution in [3.05, 3.63) is 71.8 Å². The Hall–Kier alpha value is -3.00. The van der Waals surface area contributed by atoms with Crippen LogP contribution in [-0.2, 0) is 20.8 Å². The standard InChI is InChI=1S/C19H20N2O4.C2H3BrO/c1-13(19(24)25)20-18(23)16(12-14-8-4-2-5-9-14)21-17(22)15-10-6-3-7-11-15;1-2(3)4/h2-11,13,16H,12H2,1H3,(H,20,23)(H,21,22)(H,24,25);1H3/t13-,16-;/m0./s1. The summed E-state index contributed by atoms with van der Waals surface area (Å²) in [5, 5.41) is 14.0. The fraction of sp³-hybridized carbons (Fsp3) is 0.238. The highest BCUT2D eigenvalue weighted by molar-refractivity contribution is 9.18. The average Bonchev–Trinajstić information content (AvgIpc) is 2.68. The van der Waals surface area contributed by atoms with Gasteiger partial charge in [-0.1, -0.05) is 48.5 Å². The Morgan fingerprint density at radius 3 is 1.90 bits per heavy atom. The summed E-state index contributed by atoms with van der Waals surface area (Å²) in [4.78, 5) is 45.1. The van der Waals surface area contributed by atoms with E-state index in [0.29, 0.717) is 5.56 Å². The monoisotopic (exact) mass is 462 g/mol. The second kappa shape index (κ2) is 12.5. The zero-order valence-electron chi connectivity index (χ0n) is 16.1. The summed E-state index contributed by atoms with van der Waals surface area (Å²) < 4.78 is -0.0208.